The molecule has 0 nitrogen and oxygen atoms in total. The lowest BCUT2D eigenvalue weighted by atomic mass is 10.1. The van der Waals surface area contributed by atoms with Crippen molar-refractivity contribution in [2.75, 3.05) is 0 Å². The maximum absolute atomic E-state index is 2.41. The zero-order valence-corrected chi connectivity index (χ0v) is 13.1. The Morgan fingerprint density at radius 1 is 0.444 bits per heavy atom. The van der Waals surface area contributed by atoms with Crippen LogP contribution in [0.3, 0.4) is 0 Å². The highest BCUT2D eigenvalue weighted by atomic mass is 14.0. The smallest absolute Gasteiger partial charge is 0.0351 e. The highest BCUT2D eigenvalue weighted by Crippen LogP contribution is 2.09. The molecule has 0 aromatic rings. The minimum Gasteiger partial charge on any atom is -0.0885 e. The van der Waals surface area contributed by atoms with E-state index in [4.69, 9.17) is 0 Å². The lowest BCUT2D eigenvalue weighted by Gasteiger charge is -1.99. The molecule has 0 aromatic heterocycles. The Hall–Kier alpha value is -0.260. The first-order valence-corrected chi connectivity index (χ1v) is 8.56. The normalized spacial score (nSPS) is 11.4. The van der Waals surface area contributed by atoms with Crippen LogP contribution in [-0.2, 0) is 0 Å². The van der Waals surface area contributed by atoms with E-state index in [0.717, 1.165) is 0 Å². The molecule has 0 aliphatic carbocycles. The van der Waals surface area contributed by atoms with Crippen LogP contribution in [0.25, 0.3) is 0 Å². The Bertz CT molecular complexity index is 157. The van der Waals surface area contributed by atoms with Crippen LogP contribution in [0.2, 0.25) is 0 Å². The SMILES string of the molecule is CCCCCCC/C=C/CCCCCCCCC. The Morgan fingerprint density at radius 3 is 1.17 bits per heavy atom. The van der Waals surface area contributed by atoms with Gasteiger partial charge in [0.05, 0.1) is 0 Å². The summed E-state index contributed by atoms with van der Waals surface area (Å²) in [5.41, 5.74) is 0. The number of rotatable bonds is 14. The molecule has 18 heavy (non-hydrogen) atoms. The predicted octanol–water partition coefficient (Wildman–Crippen LogP) is 7.04. The summed E-state index contributed by atoms with van der Waals surface area (Å²) in [6, 6.07) is 0. The molecule has 0 aromatic carbocycles. The van der Waals surface area contributed by atoms with E-state index < -0.39 is 0 Å². The number of hydrogen-bond acceptors (Lipinski definition) is 0. The summed E-state index contributed by atoms with van der Waals surface area (Å²) >= 11 is 0. The second kappa shape index (κ2) is 16.7. The van der Waals surface area contributed by atoms with Crippen molar-refractivity contribution in [3.8, 4) is 0 Å². The maximum atomic E-state index is 2.41. The molecular formula is C18H36. The minimum atomic E-state index is 1.31. The van der Waals surface area contributed by atoms with Crippen LogP contribution in [-0.4, -0.2) is 0 Å². The van der Waals surface area contributed by atoms with E-state index in [9.17, 15) is 0 Å². The standard InChI is InChI=1S/C18H36/c1-3-5-7-9-11-13-15-17-18-16-14-12-10-8-6-4-2/h15,17H,3-14,16,18H2,1-2H3/b17-15+. The fourth-order valence-electron chi connectivity index (χ4n) is 2.32. The summed E-state index contributed by atoms with van der Waals surface area (Å²) in [6.07, 6.45) is 24.4. The highest BCUT2D eigenvalue weighted by molar-refractivity contribution is 4.81. The van der Waals surface area contributed by atoms with Crippen LogP contribution < -0.4 is 0 Å². The van der Waals surface area contributed by atoms with E-state index in [1.807, 2.05) is 0 Å². The number of hydrogen-bond donors (Lipinski definition) is 0. The van der Waals surface area contributed by atoms with Crippen molar-refractivity contribution in [3.05, 3.63) is 12.2 Å². The van der Waals surface area contributed by atoms with Gasteiger partial charge in [-0.1, -0.05) is 90.2 Å². The molecule has 0 fully saturated rings. The van der Waals surface area contributed by atoms with Crippen LogP contribution in [0.15, 0.2) is 12.2 Å². The highest BCUT2D eigenvalue weighted by Gasteiger charge is 1.89. The van der Waals surface area contributed by atoms with E-state index >= 15 is 0 Å². The first-order valence-electron chi connectivity index (χ1n) is 8.56. The van der Waals surface area contributed by atoms with Gasteiger partial charge in [0.1, 0.15) is 0 Å². The third-order valence-electron chi connectivity index (χ3n) is 3.62. The summed E-state index contributed by atoms with van der Waals surface area (Å²) in [5, 5.41) is 0. The fourth-order valence-corrected chi connectivity index (χ4v) is 2.32. The molecule has 0 aliphatic heterocycles. The van der Waals surface area contributed by atoms with Crippen molar-refractivity contribution >= 4 is 0 Å². The summed E-state index contributed by atoms with van der Waals surface area (Å²) in [6.45, 7) is 4.56. The average molecular weight is 252 g/mol. The van der Waals surface area contributed by atoms with Gasteiger partial charge in [0.2, 0.25) is 0 Å². The quantitative estimate of drug-likeness (QED) is 0.230. The van der Waals surface area contributed by atoms with Crippen LogP contribution in [0, 0.1) is 0 Å². The molecule has 108 valence electrons. The molecule has 0 rings (SSSR count). The van der Waals surface area contributed by atoms with Crippen LogP contribution in [0.1, 0.15) is 104 Å². The van der Waals surface area contributed by atoms with Crippen molar-refractivity contribution in [2.45, 2.75) is 104 Å². The first kappa shape index (κ1) is 17.7. The molecule has 0 heteroatoms. The molecule has 0 heterocycles. The van der Waals surface area contributed by atoms with Crippen molar-refractivity contribution in [2.24, 2.45) is 0 Å². The van der Waals surface area contributed by atoms with Crippen molar-refractivity contribution < 1.29 is 0 Å². The Kier molecular flexibility index (Phi) is 16.5. The Labute approximate surface area is 116 Å². The van der Waals surface area contributed by atoms with E-state index in [-0.39, 0.29) is 0 Å². The molecule has 0 amide bonds. The van der Waals surface area contributed by atoms with Gasteiger partial charge in [-0.25, -0.2) is 0 Å². The first-order chi connectivity index (χ1) is 8.91. The summed E-state index contributed by atoms with van der Waals surface area (Å²) in [7, 11) is 0. The molecule has 0 aliphatic rings. The second-order valence-corrected chi connectivity index (χ2v) is 5.58. The molecule has 0 saturated heterocycles. The zero-order valence-electron chi connectivity index (χ0n) is 13.1. The lowest BCUT2D eigenvalue weighted by molar-refractivity contribution is 0.591. The minimum absolute atomic E-state index is 1.31. The van der Waals surface area contributed by atoms with Gasteiger partial charge in [-0.2, -0.15) is 0 Å². The molecule has 0 atom stereocenters. The monoisotopic (exact) mass is 252 g/mol. The topological polar surface area (TPSA) is 0 Å². The van der Waals surface area contributed by atoms with E-state index in [0.29, 0.717) is 0 Å². The van der Waals surface area contributed by atoms with Gasteiger partial charge in [-0.05, 0) is 25.7 Å². The van der Waals surface area contributed by atoms with Crippen LogP contribution >= 0.6 is 0 Å². The van der Waals surface area contributed by atoms with Gasteiger partial charge in [0.25, 0.3) is 0 Å². The van der Waals surface area contributed by atoms with Gasteiger partial charge < -0.3 is 0 Å². The van der Waals surface area contributed by atoms with Gasteiger partial charge in [0.15, 0.2) is 0 Å². The van der Waals surface area contributed by atoms with E-state index in [1.54, 1.807) is 0 Å². The van der Waals surface area contributed by atoms with Gasteiger partial charge in [0, 0.05) is 0 Å². The van der Waals surface area contributed by atoms with Gasteiger partial charge >= 0.3 is 0 Å². The van der Waals surface area contributed by atoms with Gasteiger partial charge in [-0.3, -0.25) is 0 Å². The van der Waals surface area contributed by atoms with E-state index in [2.05, 4.69) is 26.0 Å². The molecule has 0 spiro atoms. The third-order valence-corrected chi connectivity index (χ3v) is 3.62. The molecule has 0 unspecified atom stereocenters. The summed E-state index contributed by atoms with van der Waals surface area (Å²) < 4.78 is 0. The molecule has 0 radical (unpaired) electrons. The predicted molar refractivity (Wildman–Crippen MR) is 85.1 cm³/mol. The second-order valence-electron chi connectivity index (χ2n) is 5.58. The fraction of sp³-hybridized carbons (Fsp3) is 0.889. The zero-order chi connectivity index (χ0) is 13.3. The van der Waals surface area contributed by atoms with Crippen molar-refractivity contribution in [1.82, 2.24) is 0 Å². The summed E-state index contributed by atoms with van der Waals surface area (Å²) in [4.78, 5) is 0. The summed E-state index contributed by atoms with van der Waals surface area (Å²) in [5.74, 6) is 0. The van der Waals surface area contributed by atoms with Gasteiger partial charge in [-0.15, -0.1) is 0 Å². The molecule has 0 bridgehead atoms. The lowest BCUT2D eigenvalue weighted by Crippen LogP contribution is -1.79. The Balaban J connectivity index is 3.00. The molecular weight excluding hydrogens is 216 g/mol. The van der Waals surface area contributed by atoms with Crippen molar-refractivity contribution in [1.29, 1.82) is 0 Å². The Morgan fingerprint density at radius 2 is 0.778 bits per heavy atom. The number of unbranched alkanes of at least 4 members (excludes halogenated alkanes) is 12. The maximum Gasteiger partial charge on any atom is -0.0351 e. The largest absolute Gasteiger partial charge is 0.0885 e. The number of allylic oxidation sites excluding steroid dienone is 2. The van der Waals surface area contributed by atoms with Crippen LogP contribution in [0.4, 0.5) is 0 Å². The molecule has 0 N–H and O–H groups in total. The van der Waals surface area contributed by atoms with Crippen molar-refractivity contribution in [3.63, 3.8) is 0 Å². The molecule has 0 saturated carbocycles. The van der Waals surface area contributed by atoms with Crippen LogP contribution in [0.5, 0.6) is 0 Å². The third kappa shape index (κ3) is 15.7. The average Bonchev–Trinajstić information content (AvgIpc) is 2.39. The van der Waals surface area contributed by atoms with E-state index in [1.165, 1.54) is 89.9 Å².